The fourth-order valence-electron chi connectivity index (χ4n) is 2.77. The van der Waals surface area contributed by atoms with Crippen LogP contribution in [-0.2, 0) is 11.2 Å². The molecule has 27 heavy (non-hydrogen) atoms. The standard InChI is InChI=1S/C19H16N4O3.ClH/c20-15(19(24)25)9-11-1-3-13(4-2-11)17-22-18(26-23-17)14-6-5-12-7-8-21-16(12)10-14;/h1-8,10,15,21H,9,20H2,(H,24,25);1H/t15-;/m0./s1. The molecule has 1 atom stereocenters. The van der Waals surface area contributed by atoms with E-state index < -0.39 is 12.0 Å². The van der Waals surface area contributed by atoms with E-state index in [9.17, 15) is 4.79 Å². The zero-order valence-corrected chi connectivity index (χ0v) is 14.9. The minimum absolute atomic E-state index is 0. The third-order valence-electron chi connectivity index (χ3n) is 4.21. The Morgan fingerprint density at radius 1 is 1.15 bits per heavy atom. The van der Waals surface area contributed by atoms with Gasteiger partial charge in [-0.15, -0.1) is 12.4 Å². The normalized spacial score (nSPS) is 11.9. The van der Waals surface area contributed by atoms with Crippen LogP contribution in [0.5, 0.6) is 0 Å². The first-order valence-corrected chi connectivity index (χ1v) is 8.09. The molecule has 138 valence electrons. The van der Waals surface area contributed by atoms with Crippen LogP contribution >= 0.6 is 12.4 Å². The van der Waals surface area contributed by atoms with Gasteiger partial charge < -0.3 is 20.3 Å². The number of H-pyrrole nitrogens is 1. The molecule has 0 aliphatic rings. The lowest BCUT2D eigenvalue weighted by atomic mass is 10.0. The summed E-state index contributed by atoms with van der Waals surface area (Å²) in [7, 11) is 0. The van der Waals surface area contributed by atoms with E-state index in [1.165, 1.54) is 0 Å². The molecule has 4 N–H and O–H groups in total. The number of carbonyl (C=O) groups is 1. The maximum absolute atomic E-state index is 10.8. The van der Waals surface area contributed by atoms with E-state index in [1.54, 1.807) is 0 Å². The van der Waals surface area contributed by atoms with E-state index in [0.29, 0.717) is 11.7 Å². The molecule has 0 spiro atoms. The average Bonchev–Trinajstić information content (AvgIpc) is 3.31. The molecule has 0 amide bonds. The van der Waals surface area contributed by atoms with Crippen LogP contribution in [0, 0.1) is 0 Å². The number of benzene rings is 2. The van der Waals surface area contributed by atoms with E-state index in [0.717, 1.165) is 27.6 Å². The lowest BCUT2D eigenvalue weighted by Crippen LogP contribution is -2.32. The number of rotatable bonds is 5. The maximum atomic E-state index is 10.8. The van der Waals surface area contributed by atoms with Crippen molar-refractivity contribution < 1.29 is 14.4 Å². The van der Waals surface area contributed by atoms with Crippen molar-refractivity contribution in [2.45, 2.75) is 12.5 Å². The van der Waals surface area contributed by atoms with Crippen molar-refractivity contribution in [3.05, 3.63) is 60.3 Å². The highest BCUT2D eigenvalue weighted by Gasteiger charge is 2.14. The highest BCUT2D eigenvalue weighted by Crippen LogP contribution is 2.25. The highest BCUT2D eigenvalue weighted by molar-refractivity contribution is 5.85. The average molecular weight is 385 g/mol. The lowest BCUT2D eigenvalue weighted by molar-refractivity contribution is -0.138. The van der Waals surface area contributed by atoms with Crippen LogP contribution in [0.3, 0.4) is 0 Å². The van der Waals surface area contributed by atoms with Gasteiger partial charge in [0.1, 0.15) is 6.04 Å². The molecule has 2 aromatic heterocycles. The van der Waals surface area contributed by atoms with E-state index >= 15 is 0 Å². The predicted molar refractivity (Wildman–Crippen MR) is 104 cm³/mol. The number of hydrogen-bond donors (Lipinski definition) is 3. The summed E-state index contributed by atoms with van der Waals surface area (Å²) in [4.78, 5) is 18.4. The van der Waals surface area contributed by atoms with Crippen LogP contribution in [-0.4, -0.2) is 32.2 Å². The number of nitrogens with two attached hydrogens (primary N) is 1. The van der Waals surface area contributed by atoms with Gasteiger partial charge in [0.05, 0.1) is 0 Å². The van der Waals surface area contributed by atoms with Crippen molar-refractivity contribution in [2.75, 3.05) is 0 Å². The van der Waals surface area contributed by atoms with Crippen LogP contribution in [0.4, 0.5) is 0 Å². The number of carboxylic acids is 1. The fourth-order valence-corrected chi connectivity index (χ4v) is 2.77. The molecule has 8 heteroatoms. The number of aromatic amines is 1. The molecule has 0 aliphatic heterocycles. The number of aromatic nitrogens is 3. The molecular formula is C19H17ClN4O3. The van der Waals surface area contributed by atoms with Gasteiger partial charge >= 0.3 is 5.97 Å². The summed E-state index contributed by atoms with van der Waals surface area (Å²) in [5.74, 6) is -0.106. The molecule has 4 rings (SSSR count). The van der Waals surface area contributed by atoms with Crippen LogP contribution < -0.4 is 5.73 Å². The number of nitrogens with zero attached hydrogens (tertiary/aromatic N) is 2. The van der Waals surface area contributed by atoms with Gasteiger partial charge in [-0.25, -0.2) is 0 Å². The number of hydrogen-bond acceptors (Lipinski definition) is 5. The summed E-state index contributed by atoms with van der Waals surface area (Å²) in [5, 5.41) is 14.0. The molecule has 2 heterocycles. The van der Waals surface area contributed by atoms with E-state index in [1.807, 2.05) is 54.7 Å². The summed E-state index contributed by atoms with van der Waals surface area (Å²) in [6, 6.07) is 14.3. The minimum Gasteiger partial charge on any atom is -0.480 e. The van der Waals surface area contributed by atoms with E-state index in [4.69, 9.17) is 15.4 Å². The predicted octanol–water partition coefficient (Wildman–Crippen LogP) is 3.26. The smallest absolute Gasteiger partial charge is 0.320 e. The summed E-state index contributed by atoms with van der Waals surface area (Å²) in [5.41, 5.74) is 9.02. The molecule has 0 radical (unpaired) electrons. The summed E-state index contributed by atoms with van der Waals surface area (Å²) in [6.07, 6.45) is 2.15. The van der Waals surface area contributed by atoms with Gasteiger partial charge in [0.2, 0.25) is 5.82 Å². The molecule has 0 bridgehead atoms. The third-order valence-corrected chi connectivity index (χ3v) is 4.21. The zero-order valence-electron chi connectivity index (χ0n) is 14.1. The van der Waals surface area contributed by atoms with E-state index in [2.05, 4.69) is 15.1 Å². The fraction of sp³-hybridized carbons (Fsp3) is 0.105. The topological polar surface area (TPSA) is 118 Å². The van der Waals surface area contributed by atoms with Crippen LogP contribution in [0.25, 0.3) is 33.7 Å². The molecule has 0 saturated carbocycles. The maximum Gasteiger partial charge on any atom is 0.320 e. The summed E-state index contributed by atoms with van der Waals surface area (Å²) >= 11 is 0. The Bertz CT molecular complexity index is 1070. The SMILES string of the molecule is Cl.N[C@@H](Cc1ccc(-c2noc(-c3ccc4cc[nH]c4c3)n2)cc1)C(=O)O. The van der Waals surface area contributed by atoms with Crippen molar-refractivity contribution in [3.63, 3.8) is 0 Å². The molecule has 0 saturated heterocycles. The Morgan fingerprint density at radius 3 is 2.63 bits per heavy atom. The second-order valence-corrected chi connectivity index (χ2v) is 6.05. The quantitative estimate of drug-likeness (QED) is 0.486. The summed E-state index contributed by atoms with van der Waals surface area (Å²) in [6.45, 7) is 0. The first-order valence-electron chi connectivity index (χ1n) is 8.09. The van der Waals surface area contributed by atoms with Crippen molar-refractivity contribution in [1.29, 1.82) is 0 Å². The Morgan fingerprint density at radius 2 is 1.89 bits per heavy atom. The Balaban J connectivity index is 0.00000210. The lowest BCUT2D eigenvalue weighted by Gasteiger charge is -2.06. The largest absolute Gasteiger partial charge is 0.480 e. The number of aliphatic carboxylic acids is 1. The molecular weight excluding hydrogens is 368 g/mol. The van der Waals surface area contributed by atoms with Gasteiger partial charge in [-0.05, 0) is 35.6 Å². The number of carboxylic acid groups (broad SMARTS) is 1. The Kier molecular flexibility index (Phi) is 5.25. The van der Waals surface area contributed by atoms with Crippen molar-refractivity contribution in [2.24, 2.45) is 5.73 Å². The summed E-state index contributed by atoms with van der Waals surface area (Å²) < 4.78 is 5.38. The molecule has 7 nitrogen and oxygen atoms in total. The van der Waals surface area contributed by atoms with Gasteiger partial charge in [0.25, 0.3) is 5.89 Å². The Labute approximate surface area is 160 Å². The number of nitrogens with one attached hydrogen (secondary N) is 1. The van der Waals surface area contributed by atoms with Crippen molar-refractivity contribution >= 4 is 29.3 Å². The van der Waals surface area contributed by atoms with E-state index in [-0.39, 0.29) is 18.8 Å². The molecule has 0 aliphatic carbocycles. The van der Waals surface area contributed by atoms with Gasteiger partial charge in [0, 0.05) is 22.8 Å². The van der Waals surface area contributed by atoms with Gasteiger partial charge in [0.15, 0.2) is 0 Å². The van der Waals surface area contributed by atoms with Crippen LogP contribution in [0.15, 0.2) is 59.3 Å². The first-order chi connectivity index (χ1) is 12.6. The van der Waals surface area contributed by atoms with Crippen molar-refractivity contribution in [3.8, 4) is 22.8 Å². The van der Waals surface area contributed by atoms with Crippen molar-refractivity contribution in [1.82, 2.24) is 15.1 Å². The van der Waals surface area contributed by atoms with Gasteiger partial charge in [-0.2, -0.15) is 4.98 Å². The van der Waals surface area contributed by atoms with Crippen LogP contribution in [0.2, 0.25) is 0 Å². The second kappa shape index (κ2) is 7.61. The van der Waals surface area contributed by atoms with Gasteiger partial charge in [-0.3, -0.25) is 4.79 Å². The zero-order chi connectivity index (χ0) is 18.1. The molecule has 4 aromatic rings. The highest BCUT2D eigenvalue weighted by atomic mass is 35.5. The number of fused-ring (bicyclic) bond motifs is 1. The third kappa shape index (κ3) is 3.84. The second-order valence-electron chi connectivity index (χ2n) is 6.05. The van der Waals surface area contributed by atoms with Gasteiger partial charge in [-0.1, -0.05) is 35.5 Å². The minimum atomic E-state index is -1.02. The monoisotopic (exact) mass is 384 g/mol. The number of halogens is 1. The molecule has 0 unspecified atom stereocenters. The molecule has 0 fully saturated rings. The van der Waals surface area contributed by atoms with Crippen LogP contribution in [0.1, 0.15) is 5.56 Å². The Hall–Kier alpha value is -3.16. The molecule has 2 aromatic carbocycles. The first kappa shape index (κ1) is 18.6.